The van der Waals surface area contributed by atoms with Crippen LogP contribution >= 0.6 is 45.9 Å². The number of H-pyrrole nitrogens is 1. The van der Waals surface area contributed by atoms with Gasteiger partial charge in [-0.2, -0.15) is 21.9 Å². The Balaban J connectivity index is 2.07. The molecule has 0 bridgehead atoms. The average Bonchev–Trinajstić information content (AvgIpc) is 3.42. The summed E-state index contributed by atoms with van der Waals surface area (Å²) in [6.45, 7) is 0. The fourth-order valence-corrected chi connectivity index (χ4v) is 9.77. The Morgan fingerprint density at radius 3 is 1.90 bits per heavy atom. The van der Waals surface area contributed by atoms with Crippen LogP contribution in [0.2, 0.25) is 8.67 Å². The zero-order valence-corrected chi connectivity index (χ0v) is 19.6. The van der Waals surface area contributed by atoms with Gasteiger partial charge in [-0.05, 0) is 30.3 Å². The van der Waals surface area contributed by atoms with E-state index in [0.717, 1.165) is 18.2 Å². The number of halogens is 4. The monoisotopic (exact) mass is 543 g/mol. The molecule has 31 heavy (non-hydrogen) atoms. The molecule has 0 amide bonds. The fraction of sp³-hybridized carbons (Fsp3) is 0.0625. The second-order valence-corrected chi connectivity index (χ2v) is 13.6. The largest absolute Gasteiger partial charge is 0.288 e. The maximum absolute atomic E-state index is 13.7. The highest BCUT2D eigenvalue weighted by atomic mass is 35.5. The molecule has 0 radical (unpaired) electrons. The van der Waals surface area contributed by atoms with E-state index < -0.39 is 46.3 Å². The van der Waals surface area contributed by atoms with Crippen LogP contribution in [0, 0.1) is 0 Å². The van der Waals surface area contributed by atoms with Gasteiger partial charge < -0.3 is 0 Å². The zero-order chi connectivity index (χ0) is 22.6. The molecule has 0 aliphatic carbocycles. The van der Waals surface area contributed by atoms with Crippen molar-refractivity contribution < 1.29 is 25.6 Å². The second kappa shape index (κ2) is 7.98. The number of anilines is 1. The van der Waals surface area contributed by atoms with Crippen LogP contribution in [0.3, 0.4) is 0 Å². The molecule has 0 saturated heterocycles. The van der Waals surface area contributed by atoms with Crippen LogP contribution in [0.5, 0.6) is 0 Å². The van der Waals surface area contributed by atoms with Crippen molar-refractivity contribution >= 4 is 82.6 Å². The van der Waals surface area contributed by atoms with E-state index in [2.05, 4.69) is 10.2 Å². The highest BCUT2D eigenvalue weighted by molar-refractivity contribution is 8.11. The van der Waals surface area contributed by atoms with Crippen molar-refractivity contribution in [3.63, 3.8) is 0 Å². The molecule has 4 aromatic rings. The molecule has 7 nitrogen and oxygen atoms in total. The molecule has 15 heteroatoms. The maximum atomic E-state index is 13.7. The number of alkyl halides is 2. The first kappa shape index (κ1) is 22.4. The Morgan fingerprint density at radius 2 is 1.45 bits per heavy atom. The number of hydrogen-bond acceptors (Lipinski definition) is 7. The van der Waals surface area contributed by atoms with Gasteiger partial charge in [0.05, 0.1) is 19.6 Å². The molecule has 0 saturated carbocycles. The van der Waals surface area contributed by atoms with E-state index in [9.17, 15) is 25.6 Å². The topological polar surface area (TPSA) is 100 Å². The van der Waals surface area contributed by atoms with E-state index in [1.54, 1.807) is 0 Å². The molecule has 1 N–H and O–H groups in total. The number of nitrogens with zero attached hydrogens (tertiary/aromatic N) is 2. The van der Waals surface area contributed by atoms with Crippen molar-refractivity contribution in [1.29, 1.82) is 0 Å². The van der Waals surface area contributed by atoms with Crippen LogP contribution in [0.1, 0.15) is 12.0 Å². The lowest BCUT2D eigenvalue weighted by molar-refractivity contribution is 0.153. The standard InChI is InChI=1S/C16H9Cl2F2N3O4S4/c17-10-4-6-12(28-10)30(24,25)23(31(26,27)13-7-5-11(18)29-13)16-14-8(15(19)20)2-1-3-9(14)21-22-16/h1-7,15H,(H,21,22). The Bertz CT molecular complexity index is 1430. The summed E-state index contributed by atoms with van der Waals surface area (Å²) in [7, 11) is -9.64. The number of aromatic amines is 1. The summed E-state index contributed by atoms with van der Waals surface area (Å²) in [5.41, 5.74) is -0.540. The van der Waals surface area contributed by atoms with Gasteiger partial charge in [-0.1, -0.05) is 35.3 Å². The molecule has 0 unspecified atom stereocenters. The number of benzene rings is 1. The summed E-state index contributed by atoms with van der Waals surface area (Å²) in [6, 6.07) is 8.55. The SMILES string of the molecule is O=S(=O)(c1ccc(Cl)s1)N(c1n[nH]c2cccc(C(F)F)c12)S(=O)(=O)c1ccc(Cl)s1. The van der Waals surface area contributed by atoms with Gasteiger partial charge >= 0.3 is 0 Å². The first-order chi connectivity index (χ1) is 14.5. The van der Waals surface area contributed by atoms with Gasteiger partial charge in [-0.25, -0.2) is 8.78 Å². The lowest BCUT2D eigenvalue weighted by Gasteiger charge is -2.21. The van der Waals surface area contributed by atoms with E-state index in [1.165, 1.54) is 24.3 Å². The Hall–Kier alpha value is -1.77. The summed E-state index contributed by atoms with van der Waals surface area (Å²) >= 11 is 12.9. The number of sulfonamides is 2. The van der Waals surface area contributed by atoms with Crippen LogP contribution in [0.15, 0.2) is 50.9 Å². The van der Waals surface area contributed by atoms with Crippen LogP contribution in [-0.4, -0.2) is 27.0 Å². The van der Waals surface area contributed by atoms with Crippen LogP contribution in [-0.2, 0) is 20.0 Å². The number of hydrogen-bond donors (Lipinski definition) is 1. The number of thiophene rings is 2. The van der Waals surface area contributed by atoms with E-state index in [4.69, 9.17) is 23.2 Å². The first-order valence-corrected chi connectivity index (χ1v) is 13.4. The van der Waals surface area contributed by atoms with Gasteiger partial charge in [-0.3, -0.25) is 5.10 Å². The molecule has 4 rings (SSSR count). The molecule has 3 aromatic heterocycles. The van der Waals surface area contributed by atoms with Gasteiger partial charge in [0.2, 0.25) is 0 Å². The van der Waals surface area contributed by atoms with E-state index in [-0.39, 0.29) is 23.3 Å². The Kier molecular flexibility index (Phi) is 5.77. The molecule has 0 spiro atoms. The third-order valence-electron chi connectivity index (χ3n) is 4.05. The van der Waals surface area contributed by atoms with Crippen molar-refractivity contribution in [2.45, 2.75) is 14.8 Å². The smallest absolute Gasteiger partial charge is 0.276 e. The van der Waals surface area contributed by atoms with Crippen LogP contribution < -0.4 is 3.71 Å². The lowest BCUT2D eigenvalue weighted by atomic mass is 10.1. The molecular weight excluding hydrogens is 535 g/mol. The summed E-state index contributed by atoms with van der Waals surface area (Å²) in [4.78, 5) is 0. The minimum absolute atomic E-state index is 0.0367. The van der Waals surface area contributed by atoms with Crippen molar-refractivity contribution in [3.8, 4) is 0 Å². The Labute approximate surface area is 192 Å². The molecule has 3 heterocycles. The van der Waals surface area contributed by atoms with E-state index in [1.807, 2.05) is 0 Å². The molecule has 0 aliphatic heterocycles. The van der Waals surface area contributed by atoms with Crippen LogP contribution in [0.4, 0.5) is 14.6 Å². The minimum atomic E-state index is -4.82. The van der Waals surface area contributed by atoms with Crippen molar-refractivity contribution in [3.05, 3.63) is 56.7 Å². The zero-order valence-electron chi connectivity index (χ0n) is 14.8. The minimum Gasteiger partial charge on any atom is -0.276 e. The second-order valence-electron chi connectivity index (χ2n) is 5.94. The third-order valence-corrected chi connectivity index (χ3v) is 11.6. The highest BCUT2D eigenvalue weighted by Crippen LogP contribution is 2.41. The van der Waals surface area contributed by atoms with E-state index >= 15 is 0 Å². The molecule has 0 aliphatic rings. The van der Waals surface area contributed by atoms with Gasteiger partial charge in [0, 0.05) is 5.56 Å². The summed E-state index contributed by atoms with van der Waals surface area (Å²) in [5.74, 6) is -0.708. The highest BCUT2D eigenvalue weighted by Gasteiger charge is 2.42. The average molecular weight is 544 g/mol. The lowest BCUT2D eigenvalue weighted by Crippen LogP contribution is -2.36. The summed E-state index contributed by atoms with van der Waals surface area (Å²) < 4.78 is 80.5. The van der Waals surface area contributed by atoms with Gasteiger partial charge in [0.1, 0.15) is 8.42 Å². The number of nitrogens with one attached hydrogen (secondary N) is 1. The predicted octanol–water partition coefficient (Wildman–Crippen LogP) is 5.51. The quantitative estimate of drug-likeness (QED) is 0.345. The van der Waals surface area contributed by atoms with Gasteiger partial charge in [0.15, 0.2) is 5.82 Å². The normalized spacial score (nSPS) is 12.7. The van der Waals surface area contributed by atoms with E-state index in [0.29, 0.717) is 22.7 Å². The molecule has 1 aromatic carbocycles. The van der Waals surface area contributed by atoms with Gasteiger partial charge in [0.25, 0.3) is 26.5 Å². The van der Waals surface area contributed by atoms with Crippen molar-refractivity contribution in [2.75, 3.05) is 3.71 Å². The molecule has 0 atom stereocenters. The third kappa shape index (κ3) is 3.83. The van der Waals surface area contributed by atoms with Crippen molar-refractivity contribution in [2.24, 2.45) is 0 Å². The number of rotatable bonds is 6. The predicted molar refractivity (Wildman–Crippen MR) is 117 cm³/mol. The molecule has 0 fully saturated rings. The fourth-order valence-electron chi connectivity index (χ4n) is 2.79. The first-order valence-electron chi connectivity index (χ1n) is 8.10. The maximum Gasteiger partial charge on any atom is 0.288 e. The summed E-state index contributed by atoms with van der Waals surface area (Å²) in [6.07, 6.45) is -3.01. The number of aromatic nitrogens is 2. The van der Waals surface area contributed by atoms with Gasteiger partial charge in [-0.15, -0.1) is 26.4 Å². The molecular formula is C16H9Cl2F2N3O4S4. The van der Waals surface area contributed by atoms with Crippen molar-refractivity contribution in [1.82, 2.24) is 10.2 Å². The van der Waals surface area contributed by atoms with Crippen LogP contribution in [0.25, 0.3) is 10.9 Å². The summed E-state index contributed by atoms with van der Waals surface area (Å²) in [5, 5.41) is 5.87. The number of fused-ring (bicyclic) bond motifs is 1. The molecule has 164 valence electrons. The Morgan fingerprint density at radius 1 is 0.903 bits per heavy atom.